The van der Waals surface area contributed by atoms with Gasteiger partial charge in [0.1, 0.15) is 11.5 Å². The van der Waals surface area contributed by atoms with Crippen LogP contribution in [0.2, 0.25) is 0 Å². The Labute approximate surface area is 114 Å². The minimum atomic E-state index is -0.262. The lowest BCUT2D eigenvalue weighted by molar-refractivity contribution is -0.0269. The van der Waals surface area contributed by atoms with E-state index in [1.165, 1.54) is 12.8 Å². The van der Waals surface area contributed by atoms with Gasteiger partial charge in [-0.2, -0.15) is 0 Å². The molecule has 0 amide bonds. The maximum Gasteiger partial charge on any atom is 0.127 e. The topological polar surface area (TPSA) is 53.7 Å². The normalized spacial score (nSPS) is 19.2. The Morgan fingerprint density at radius 1 is 1.11 bits per heavy atom. The number of hydrogen-bond donors (Lipinski definition) is 1. The zero-order chi connectivity index (χ0) is 13.9. The van der Waals surface area contributed by atoms with Gasteiger partial charge in [0.05, 0.1) is 25.9 Å². The fraction of sp³-hybridized carbons (Fsp3) is 0.600. The van der Waals surface area contributed by atoms with Gasteiger partial charge in [-0.25, -0.2) is 0 Å². The molecule has 0 radical (unpaired) electrons. The summed E-state index contributed by atoms with van der Waals surface area (Å²) in [6.07, 6.45) is 4.33. The summed E-state index contributed by atoms with van der Waals surface area (Å²) in [6, 6.07) is 5.58. The first kappa shape index (κ1) is 14.2. The molecule has 1 aliphatic rings. The fourth-order valence-electron chi connectivity index (χ4n) is 2.97. The Hall–Kier alpha value is -1.26. The summed E-state index contributed by atoms with van der Waals surface area (Å²) in [5, 5.41) is 0. The van der Waals surface area contributed by atoms with E-state index in [9.17, 15) is 0 Å². The lowest BCUT2D eigenvalue weighted by atomic mass is 9.87. The van der Waals surface area contributed by atoms with Crippen molar-refractivity contribution in [2.24, 2.45) is 5.73 Å². The van der Waals surface area contributed by atoms with E-state index in [-0.39, 0.29) is 11.6 Å². The zero-order valence-electron chi connectivity index (χ0n) is 11.9. The van der Waals surface area contributed by atoms with Crippen LogP contribution in [0.5, 0.6) is 11.5 Å². The van der Waals surface area contributed by atoms with Crippen LogP contribution in [0.1, 0.15) is 37.3 Å². The maximum absolute atomic E-state index is 6.47. The van der Waals surface area contributed by atoms with Crippen LogP contribution < -0.4 is 15.2 Å². The molecule has 2 rings (SSSR count). The maximum atomic E-state index is 6.47. The average molecular weight is 265 g/mol. The van der Waals surface area contributed by atoms with Crippen LogP contribution in [-0.4, -0.2) is 26.9 Å². The lowest BCUT2D eigenvalue weighted by Gasteiger charge is -2.34. The van der Waals surface area contributed by atoms with Gasteiger partial charge in [0.2, 0.25) is 0 Å². The van der Waals surface area contributed by atoms with E-state index >= 15 is 0 Å². The smallest absolute Gasteiger partial charge is 0.127 e. The second-order valence-corrected chi connectivity index (χ2v) is 5.06. The third-order valence-electron chi connectivity index (χ3n) is 4.20. The Balaban J connectivity index is 2.34. The van der Waals surface area contributed by atoms with Crippen LogP contribution >= 0.6 is 0 Å². The van der Waals surface area contributed by atoms with Crippen molar-refractivity contribution < 1.29 is 14.2 Å². The van der Waals surface area contributed by atoms with E-state index in [1.807, 2.05) is 18.2 Å². The molecule has 0 aromatic heterocycles. The van der Waals surface area contributed by atoms with Gasteiger partial charge in [-0.15, -0.1) is 0 Å². The number of ether oxygens (including phenoxy) is 3. The lowest BCUT2D eigenvalue weighted by Crippen LogP contribution is -2.40. The Morgan fingerprint density at radius 2 is 1.79 bits per heavy atom. The number of nitrogens with two attached hydrogens (primary N) is 1. The molecule has 1 fully saturated rings. The van der Waals surface area contributed by atoms with Gasteiger partial charge in [0.15, 0.2) is 0 Å². The molecular formula is C15H23NO3. The highest BCUT2D eigenvalue weighted by Crippen LogP contribution is 2.44. The molecule has 1 atom stereocenters. The molecular weight excluding hydrogens is 242 g/mol. The van der Waals surface area contributed by atoms with E-state index in [1.54, 1.807) is 21.3 Å². The molecule has 106 valence electrons. The molecule has 0 aliphatic heterocycles. The standard InChI is InChI=1S/C15H23NO3/c1-17-11-6-7-12(13(10-11)18-2)14(16)15(19-3)8-4-5-9-15/h6-7,10,14H,4-5,8-9,16H2,1-3H3. The largest absolute Gasteiger partial charge is 0.497 e. The molecule has 1 aromatic rings. The summed E-state index contributed by atoms with van der Waals surface area (Å²) in [6.45, 7) is 0. The molecule has 0 heterocycles. The summed E-state index contributed by atoms with van der Waals surface area (Å²) >= 11 is 0. The molecule has 1 saturated carbocycles. The van der Waals surface area contributed by atoms with E-state index in [0.717, 1.165) is 29.9 Å². The van der Waals surface area contributed by atoms with Gasteiger partial charge >= 0.3 is 0 Å². The van der Waals surface area contributed by atoms with Gasteiger partial charge in [-0.3, -0.25) is 0 Å². The van der Waals surface area contributed by atoms with Crippen molar-refractivity contribution in [2.45, 2.75) is 37.3 Å². The van der Waals surface area contributed by atoms with Crippen molar-refractivity contribution in [3.8, 4) is 11.5 Å². The van der Waals surface area contributed by atoms with Crippen LogP contribution in [0, 0.1) is 0 Å². The monoisotopic (exact) mass is 265 g/mol. The fourth-order valence-corrected chi connectivity index (χ4v) is 2.97. The third-order valence-corrected chi connectivity index (χ3v) is 4.20. The summed E-state index contributed by atoms with van der Waals surface area (Å²) in [5.74, 6) is 1.53. The first-order valence-corrected chi connectivity index (χ1v) is 6.69. The number of benzene rings is 1. The Bertz CT molecular complexity index is 427. The van der Waals surface area contributed by atoms with Gasteiger partial charge in [-0.1, -0.05) is 12.8 Å². The first-order valence-electron chi connectivity index (χ1n) is 6.69. The van der Waals surface area contributed by atoms with Gasteiger partial charge < -0.3 is 19.9 Å². The molecule has 1 aliphatic carbocycles. The van der Waals surface area contributed by atoms with Crippen LogP contribution in [0.3, 0.4) is 0 Å². The highest BCUT2D eigenvalue weighted by atomic mass is 16.5. The Kier molecular flexibility index (Phi) is 4.32. The molecule has 1 unspecified atom stereocenters. The minimum Gasteiger partial charge on any atom is -0.497 e. The molecule has 19 heavy (non-hydrogen) atoms. The van der Waals surface area contributed by atoms with Gasteiger partial charge in [0, 0.05) is 18.7 Å². The first-order chi connectivity index (χ1) is 9.16. The molecule has 1 aromatic carbocycles. The molecule has 0 spiro atoms. The zero-order valence-corrected chi connectivity index (χ0v) is 11.9. The highest BCUT2D eigenvalue weighted by Gasteiger charge is 2.41. The Morgan fingerprint density at radius 3 is 2.32 bits per heavy atom. The van der Waals surface area contributed by atoms with E-state index in [0.29, 0.717) is 0 Å². The molecule has 2 N–H and O–H groups in total. The summed E-state index contributed by atoms with van der Waals surface area (Å²) < 4.78 is 16.4. The van der Waals surface area contributed by atoms with Crippen molar-refractivity contribution in [2.75, 3.05) is 21.3 Å². The summed E-state index contributed by atoms with van der Waals surface area (Å²) in [4.78, 5) is 0. The van der Waals surface area contributed by atoms with Gasteiger partial charge in [-0.05, 0) is 25.0 Å². The van der Waals surface area contributed by atoms with Crippen molar-refractivity contribution in [1.82, 2.24) is 0 Å². The van der Waals surface area contributed by atoms with Gasteiger partial charge in [0.25, 0.3) is 0 Å². The van der Waals surface area contributed by atoms with E-state index < -0.39 is 0 Å². The number of methoxy groups -OCH3 is 3. The summed E-state index contributed by atoms with van der Waals surface area (Å²) in [7, 11) is 5.04. The molecule has 4 nitrogen and oxygen atoms in total. The van der Waals surface area contributed by atoms with Crippen LogP contribution in [0.25, 0.3) is 0 Å². The van der Waals surface area contributed by atoms with Crippen molar-refractivity contribution in [3.05, 3.63) is 23.8 Å². The number of hydrogen-bond acceptors (Lipinski definition) is 4. The minimum absolute atomic E-state index is 0.180. The second-order valence-electron chi connectivity index (χ2n) is 5.06. The van der Waals surface area contributed by atoms with Crippen LogP contribution in [-0.2, 0) is 4.74 Å². The second kappa shape index (κ2) is 5.80. The van der Waals surface area contributed by atoms with Crippen LogP contribution in [0.4, 0.5) is 0 Å². The molecule has 4 heteroatoms. The van der Waals surface area contributed by atoms with Crippen LogP contribution in [0.15, 0.2) is 18.2 Å². The predicted octanol–water partition coefficient (Wildman–Crippen LogP) is 2.66. The van der Waals surface area contributed by atoms with Crippen molar-refractivity contribution >= 4 is 0 Å². The van der Waals surface area contributed by atoms with Crippen molar-refractivity contribution in [1.29, 1.82) is 0 Å². The molecule has 0 bridgehead atoms. The molecule has 0 saturated heterocycles. The predicted molar refractivity (Wildman–Crippen MR) is 74.7 cm³/mol. The average Bonchev–Trinajstić information content (AvgIpc) is 2.95. The van der Waals surface area contributed by atoms with E-state index in [4.69, 9.17) is 19.9 Å². The highest BCUT2D eigenvalue weighted by molar-refractivity contribution is 5.43. The summed E-state index contributed by atoms with van der Waals surface area (Å²) in [5.41, 5.74) is 7.18. The quantitative estimate of drug-likeness (QED) is 0.889. The van der Waals surface area contributed by atoms with Crippen molar-refractivity contribution in [3.63, 3.8) is 0 Å². The third kappa shape index (κ3) is 2.55. The van der Waals surface area contributed by atoms with E-state index in [2.05, 4.69) is 0 Å². The SMILES string of the molecule is COc1ccc(C(N)C2(OC)CCCC2)c(OC)c1. The number of rotatable bonds is 5.